The van der Waals surface area contributed by atoms with Gasteiger partial charge >= 0.3 is 0 Å². The summed E-state index contributed by atoms with van der Waals surface area (Å²) in [7, 11) is 0. The number of hydrogen-bond donors (Lipinski definition) is 2. The second-order valence-corrected chi connectivity index (χ2v) is 5.75. The highest BCUT2D eigenvalue weighted by molar-refractivity contribution is 5.89. The zero-order valence-electron chi connectivity index (χ0n) is 14.1. The van der Waals surface area contributed by atoms with Crippen LogP contribution in [0.3, 0.4) is 0 Å². The van der Waals surface area contributed by atoms with Crippen LogP contribution in [0.1, 0.15) is 12.5 Å². The molecular weight excluding hydrogens is 336 g/mol. The first-order valence-corrected chi connectivity index (χ1v) is 7.76. The summed E-state index contributed by atoms with van der Waals surface area (Å²) in [6.45, 7) is 3.29. The quantitative estimate of drug-likeness (QED) is 0.524. The summed E-state index contributed by atoms with van der Waals surface area (Å²) in [5.41, 5.74) is 2.94. The molecule has 1 aromatic heterocycles. The van der Waals surface area contributed by atoms with E-state index in [0.717, 1.165) is 5.56 Å². The Bertz CT molecular complexity index is 967. The number of nitrogens with one attached hydrogen (secondary N) is 2. The van der Waals surface area contributed by atoms with E-state index in [0.29, 0.717) is 28.4 Å². The second-order valence-electron chi connectivity index (χ2n) is 5.75. The van der Waals surface area contributed by atoms with Gasteiger partial charge in [0.05, 0.1) is 11.1 Å². The number of aryl methyl sites for hydroxylation is 1. The van der Waals surface area contributed by atoms with E-state index in [9.17, 15) is 14.9 Å². The predicted molar refractivity (Wildman–Crippen MR) is 97.4 cm³/mol. The Balaban J connectivity index is 1.96. The number of carbonyl (C=O) groups is 1. The first-order chi connectivity index (χ1) is 12.4. The number of rotatable bonds is 5. The summed E-state index contributed by atoms with van der Waals surface area (Å²) < 4.78 is 5.19. The maximum Gasteiger partial charge on any atom is 0.293 e. The molecule has 132 valence electrons. The normalized spacial score (nSPS) is 10.4. The molecular formula is C18H16N4O4. The van der Waals surface area contributed by atoms with Gasteiger partial charge in [0.2, 0.25) is 5.91 Å². The van der Waals surface area contributed by atoms with Gasteiger partial charge in [-0.25, -0.2) is 4.98 Å². The van der Waals surface area contributed by atoms with Crippen molar-refractivity contribution in [1.82, 2.24) is 4.98 Å². The summed E-state index contributed by atoms with van der Waals surface area (Å²) in [5, 5.41) is 17.2. The van der Waals surface area contributed by atoms with E-state index in [1.54, 1.807) is 18.2 Å². The van der Waals surface area contributed by atoms with E-state index in [4.69, 9.17) is 4.42 Å². The Hall–Kier alpha value is -3.68. The second kappa shape index (κ2) is 7.06. The van der Waals surface area contributed by atoms with Crippen molar-refractivity contribution < 1.29 is 14.1 Å². The Labute approximate surface area is 149 Å². The molecule has 8 nitrogen and oxygen atoms in total. The van der Waals surface area contributed by atoms with E-state index in [1.165, 1.54) is 25.6 Å². The lowest BCUT2D eigenvalue weighted by atomic mass is 10.1. The smallest absolute Gasteiger partial charge is 0.293 e. The monoisotopic (exact) mass is 352 g/mol. The van der Waals surface area contributed by atoms with Crippen molar-refractivity contribution in [2.24, 2.45) is 0 Å². The van der Waals surface area contributed by atoms with Gasteiger partial charge in [-0.2, -0.15) is 0 Å². The number of amides is 1. The van der Waals surface area contributed by atoms with Crippen LogP contribution in [-0.4, -0.2) is 15.8 Å². The molecule has 0 atom stereocenters. The van der Waals surface area contributed by atoms with Crippen LogP contribution in [0, 0.1) is 17.0 Å². The SMILES string of the molecule is CC(=O)Nc1cc(C)cc(Nc2ccc(-c3cnco3)cc2[N+](=O)[O-])c1. The molecule has 0 aliphatic carbocycles. The number of benzene rings is 2. The van der Waals surface area contributed by atoms with Crippen molar-refractivity contribution in [3.8, 4) is 11.3 Å². The Morgan fingerprint density at radius 1 is 1.19 bits per heavy atom. The van der Waals surface area contributed by atoms with Crippen LogP contribution in [0.25, 0.3) is 11.3 Å². The summed E-state index contributed by atoms with van der Waals surface area (Å²) in [4.78, 5) is 26.1. The number of aromatic nitrogens is 1. The molecule has 0 saturated carbocycles. The van der Waals surface area contributed by atoms with E-state index in [-0.39, 0.29) is 11.6 Å². The maximum atomic E-state index is 11.5. The molecule has 26 heavy (non-hydrogen) atoms. The van der Waals surface area contributed by atoms with Crippen molar-refractivity contribution in [3.05, 3.63) is 64.7 Å². The van der Waals surface area contributed by atoms with Gasteiger partial charge in [0.1, 0.15) is 5.69 Å². The zero-order chi connectivity index (χ0) is 18.7. The molecule has 0 spiro atoms. The van der Waals surface area contributed by atoms with Crippen molar-refractivity contribution in [2.75, 3.05) is 10.6 Å². The third kappa shape index (κ3) is 3.86. The lowest BCUT2D eigenvalue weighted by molar-refractivity contribution is -0.383. The van der Waals surface area contributed by atoms with Gasteiger partial charge in [0.15, 0.2) is 12.2 Å². The highest BCUT2D eigenvalue weighted by Gasteiger charge is 2.17. The molecule has 2 aromatic carbocycles. The van der Waals surface area contributed by atoms with Gasteiger partial charge in [-0.3, -0.25) is 14.9 Å². The van der Waals surface area contributed by atoms with Crippen LogP contribution in [-0.2, 0) is 4.79 Å². The number of nitro benzene ring substituents is 1. The molecule has 1 amide bonds. The van der Waals surface area contributed by atoms with Crippen LogP contribution in [0.4, 0.5) is 22.7 Å². The van der Waals surface area contributed by atoms with Crippen LogP contribution < -0.4 is 10.6 Å². The van der Waals surface area contributed by atoms with E-state index >= 15 is 0 Å². The van der Waals surface area contributed by atoms with Crippen LogP contribution >= 0.6 is 0 Å². The fraction of sp³-hybridized carbons (Fsp3) is 0.111. The Morgan fingerprint density at radius 2 is 1.96 bits per heavy atom. The van der Waals surface area contributed by atoms with Crippen molar-refractivity contribution in [1.29, 1.82) is 0 Å². The number of nitrogens with zero attached hydrogens (tertiary/aromatic N) is 2. The number of hydrogen-bond acceptors (Lipinski definition) is 6. The third-order valence-corrected chi connectivity index (χ3v) is 3.59. The molecule has 0 saturated heterocycles. The van der Waals surface area contributed by atoms with Crippen molar-refractivity contribution in [2.45, 2.75) is 13.8 Å². The minimum atomic E-state index is -0.466. The number of anilines is 3. The molecule has 0 fully saturated rings. The highest BCUT2D eigenvalue weighted by atomic mass is 16.6. The van der Waals surface area contributed by atoms with Crippen LogP contribution in [0.2, 0.25) is 0 Å². The van der Waals surface area contributed by atoms with Gasteiger partial charge in [-0.1, -0.05) is 0 Å². The summed E-state index contributed by atoms with van der Waals surface area (Å²) >= 11 is 0. The molecule has 2 N–H and O–H groups in total. The van der Waals surface area contributed by atoms with E-state index < -0.39 is 4.92 Å². The van der Waals surface area contributed by atoms with E-state index in [1.807, 2.05) is 19.1 Å². The van der Waals surface area contributed by atoms with Gasteiger partial charge < -0.3 is 15.1 Å². The topological polar surface area (TPSA) is 110 Å². The zero-order valence-corrected chi connectivity index (χ0v) is 14.1. The fourth-order valence-electron chi connectivity index (χ4n) is 2.59. The molecule has 0 unspecified atom stereocenters. The maximum absolute atomic E-state index is 11.5. The van der Waals surface area contributed by atoms with Gasteiger partial charge in [0.25, 0.3) is 5.69 Å². The van der Waals surface area contributed by atoms with Crippen LogP contribution in [0.15, 0.2) is 53.4 Å². The molecule has 3 aromatic rings. The molecule has 8 heteroatoms. The highest BCUT2D eigenvalue weighted by Crippen LogP contribution is 2.33. The molecule has 0 aliphatic rings. The standard InChI is InChI=1S/C18H16N4O4/c1-11-5-14(20-12(2)23)8-15(6-11)21-16-4-3-13(7-17(16)22(24)25)18-9-19-10-26-18/h3-10,21H,1-2H3,(H,20,23). The average molecular weight is 352 g/mol. The first-order valence-electron chi connectivity index (χ1n) is 7.76. The molecule has 3 rings (SSSR count). The number of oxazole rings is 1. The minimum absolute atomic E-state index is 0.0958. The molecule has 1 heterocycles. The lowest BCUT2D eigenvalue weighted by Crippen LogP contribution is -2.06. The molecule has 0 radical (unpaired) electrons. The minimum Gasteiger partial charge on any atom is -0.444 e. The van der Waals surface area contributed by atoms with Crippen LogP contribution in [0.5, 0.6) is 0 Å². The molecule has 0 aliphatic heterocycles. The van der Waals surface area contributed by atoms with Crippen molar-refractivity contribution >= 4 is 28.7 Å². The Morgan fingerprint density at radius 3 is 2.62 bits per heavy atom. The van der Waals surface area contributed by atoms with Gasteiger partial charge in [0, 0.05) is 29.9 Å². The van der Waals surface area contributed by atoms with Crippen molar-refractivity contribution in [3.63, 3.8) is 0 Å². The Kier molecular flexibility index (Phi) is 4.66. The first kappa shape index (κ1) is 17.2. The summed E-state index contributed by atoms with van der Waals surface area (Å²) in [5.74, 6) is 0.257. The lowest BCUT2D eigenvalue weighted by Gasteiger charge is -2.11. The molecule has 0 bridgehead atoms. The number of carbonyl (C=O) groups excluding carboxylic acids is 1. The summed E-state index contributed by atoms with van der Waals surface area (Å²) in [6, 6.07) is 10.1. The predicted octanol–water partition coefficient (Wildman–Crippen LogP) is 4.26. The van der Waals surface area contributed by atoms with Gasteiger partial charge in [-0.15, -0.1) is 0 Å². The average Bonchev–Trinajstić information content (AvgIpc) is 3.08. The van der Waals surface area contributed by atoms with E-state index in [2.05, 4.69) is 15.6 Å². The van der Waals surface area contributed by atoms with Gasteiger partial charge in [-0.05, 0) is 42.8 Å². The fourth-order valence-corrected chi connectivity index (χ4v) is 2.59. The third-order valence-electron chi connectivity index (χ3n) is 3.59. The number of nitro groups is 1. The largest absolute Gasteiger partial charge is 0.444 e. The summed E-state index contributed by atoms with van der Waals surface area (Å²) in [6.07, 6.45) is 2.76.